The van der Waals surface area contributed by atoms with E-state index >= 15 is 0 Å². The molecule has 0 atom stereocenters. The van der Waals surface area contributed by atoms with Crippen molar-refractivity contribution < 1.29 is 14.1 Å². The number of aromatic nitrogens is 2. The molecule has 0 aliphatic heterocycles. The number of hydrogen-bond acceptors (Lipinski definition) is 6. The molecule has 90 valence electrons. The number of halogens is 2. The first kappa shape index (κ1) is 12.7. The van der Waals surface area contributed by atoms with Gasteiger partial charge in [0.1, 0.15) is 4.88 Å². The molecule has 0 unspecified atom stereocenters. The Morgan fingerprint density at radius 2 is 2.35 bits per heavy atom. The summed E-state index contributed by atoms with van der Waals surface area (Å²) < 4.78 is 11.5. The van der Waals surface area contributed by atoms with E-state index in [9.17, 15) is 4.79 Å². The molecule has 0 fully saturated rings. The van der Waals surface area contributed by atoms with E-state index in [0.29, 0.717) is 10.7 Å². The van der Waals surface area contributed by atoms with Crippen molar-refractivity contribution in [2.75, 3.05) is 0 Å². The van der Waals surface area contributed by atoms with Gasteiger partial charge in [0, 0.05) is 4.47 Å². The number of ether oxygens (including phenoxy) is 1. The van der Waals surface area contributed by atoms with E-state index in [0.717, 1.165) is 8.26 Å². The second-order valence-electron chi connectivity index (χ2n) is 3.04. The molecule has 17 heavy (non-hydrogen) atoms. The lowest BCUT2D eigenvalue weighted by molar-refractivity contribution is 0.0435. The van der Waals surface area contributed by atoms with Crippen LogP contribution in [0.2, 0.25) is 0 Å². The van der Waals surface area contributed by atoms with Crippen LogP contribution in [0, 0.1) is 6.92 Å². The van der Waals surface area contributed by atoms with E-state index in [1.807, 2.05) is 0 Å². The Balaban J connectivity index is 1.98. The normalized spacial score (nSPS) is 10.5. The number of thiophene rings is 1. The van der Waals surface area contributed by atoms with Gasteiger partial charge in [-0.25, -0.2) is 4.79 Å². The Labute approximate surface area is 117 Å². The van der Waals surface area contributed by atoms with Gasteiger partial charge in [0.05, 0.1) is 3.79 Å². The third kappa shape index (κ3) is 3.14. The third-order valence-corrected chi connectivity index (χ3v) is 4.98. The van der Waals surface area contributed by atoms with Crippen LogP contribution in [0.3, 0.4) is 0 Å². The molecule has 2 aromatic heterocycles. The second-order valence-corrected chi connectivity index (χ2v) is 6.27. The topological polar surface area (TPSA) is 65.2 Å². The zero-order valence-electron chi connectivity index (χ0n) is 8.57. The van der Waals surface area contributed by atoms with Crippen molar-refractivity contribution >= 4 is 49.2 Å². The summed E-state index contributed by atoms with van der Waals surface area (Å²) >= 11 is 7.90. The van der Waals surface area contributed by atoms with Crippen LogP contribution < -0.4 is 0 Å². The van der Waals surface area contributed by atoms with E-state index in [4.69, 9.17) is 9.26 Å². The number of rotatable bonds is 3. The van der Waals surface area contributed by atoms with Crippen LogP contribution >= 0.6 is 43.2 Å². The summed E-state index contributed by atoms with van der Waals surface area (Å²) in [6, 6.07) is 1.69. The maximum atomic E-state index is 11.6. The molecule has 0 radical (unpaired) electrons. The number of aryl methyl sites for hydroxylation is 1. The van der Waals surface area contributed by atoms with Gasteiger partial charge in [0.2, 0.25) is 0 Å². The number of carbonyl (C=O) groups excluding carboxylic acids is 1. The summed E-state index contributed by atoms with van der Waals surface area (Å²) in [6.45, 7) is 1.68. The Kier molecular flexibility index (Phi) is 3.95. The lowest BCUT2D eigenvalue weighted by Crippen LogP contribution is -2.03. The highest BCUT2D eigenvalue weighted by atomic mass is 79.9. The molecule has 2 rings (SSSR count). The number of carbonyl (C=O) groups is 1. The monoisotopic (exact) mass is 380 g/mol. The summed E-state index contributed by atoms with van der Waals surface area (Å²) in [5.41, 5.74) is 0. The van der Waals surface area contributed by atoms with Gasteiger partial charge in [0.15, 0.2) is 12.4 Å². The van der Waals surface area contributed by atoms with Gasteiger partial charge in [0.25, 0.3) is 5.89 Å². The van der Waals surface area contributed by atoms with Crippen LogP contribution in [-0.2, 0) is 11.3 Å². The van der Waals surface area contributed by atoms with Gasteiger partial charge in [-0.05, 0) is 44.8 Å². The predicted octanol–water partition coefficient (Wildman–Crippen LogP) is 3.32. The molecule has 2 heterocycles. The smallest absolute Gasteiger partial charge is 0.348 e. The van der Waals surface area contributed by atoms with Crippen LogP contribution in [0.25, 0.3) is 0 Å². The summed E-state index contributed by atoms with van der Waals surface area (Å²) in [5.74, 6) is 0.375. The van der Waals surface area contributed by atoms with Crippen molar-refractivity contribution in [3.05, 3.63) is 30.9 Å². The molecule has 0 saturated carbocycles. The number of esters is 1. The van der Waals surface area contributed by atoms with Crippen LogP contribution in [0.15, 0.2) is 18.8 Å². The quantitative estimate of drug-likeness (QED) is 0.763. The highest BCUT2D eigenvalue weighted by Gasteiger charge is 2.14. The lowest BCUT2D eigenvalue weighted by atomic mass is 10.5. The van der Waals surface area contributed by atoms with Crippen molar-refractivity contribution in [2.24, 2.45) is 0 Å². The van der Waals surface area contributed by atoms with Gasteiger partial charge in [-0.1, -0.05) is 5.16 Å². The summed E-state index contributed by atoms with van der Waals surface area (Å²) in [4.78, 5) is 16.1. The van der Waals surface area contributed by atoms with Crippen LogP contribution in [0.5, 0.6) is 0 Å². The summed E-state index contributed by atoms with van der Waals surface area (Å²) in [6.07, 6.45) is 0. The number of nitrogens with zero attached hydrogens (tertiary/aromatic N) is 2. The minimum absolute atomic E-state index is 0.0210. The molecule has 5 nitrogen and oxygen atoms in total. The van der Waals surface area contributed by atoms with Gasteiger partial charge >= 0.3 is 5.97 Å². The molecule has 0 aliphatic rings. The minimum atomic E-state index is -0.419. The second kappa shape index (κ2) is 5.28. The van der Waals surface area contributed by atoms with Gasteiger partial charge in [-0.3, -0.25) is 0 Å². The fourth-order valence-electron chi connectivity index (χ4n) is 1.04. The van der Waals surface area contributed by atoms with Gasteiger partial charge in [-0.15, -0.1) is 11.3 Å². The maximum Gasteiger partial charge on any atom is 0.348 e. The molecular weight excluding hydrogens is 376 g/mol. The predicted molar refractivity (Wildman–Crippen MR) is 67.9 cm³/mol. The molecule has 0 N–H and O–H groups in total. The molecule has 0 bridgehead atoms. The first-order valence-corrected chi connectivity index (χ1v) is 6.87. The molecular formula is C9H6Br2N2O3S. The largest absolute Gasteiger partial charge is 0.451 e. The van der Waals surface area contributed by atoms with Crippen LogP contribution in [0.4, 0.5) is 0 Å². The van der Waals surface area contributed by atoms with Gasteiger partial charge in [-0.2, -0.15) is 4.98 Å². The van der Waals surface area contributed by atoms with Crippen molar-refractivity contribution in [2.45, 2.75) is 13.5 Å². The average Bonchev–Trinajstić information content (AvgIpc) is 2.83. The van der Waals surface area contributed by atoms with Crippen molar-refractivity contribution in [1.82, 2.24) is 10.1 Å². The molecule has 0 amide bonds. The van der Waals surface area contributed by atoms with Crippen molar-refractivity contribution in [3.63, 3.8) is 0 Å². The first-order valence-electron chi connectivity index (χ1n) is 4.47. The molecule has 0 aliphatic carbocycles. The minimum Gasteiger partial charge on any atom is -0.451 e. The van der Waals surface area contributed by atoms with E-state index in [1.165, 1.54) is 11.3 Å². The van der Waals surface area contributed by atoms with Crippen LogP contribution in [0.1, 0.15) is 21.4 Å². The first-order chi connectivity index (χ1) is 8.06. The molecule has 0 aromatic carbocycles. The Morgan fingerprint density at radius 1 is 1.59 bits per heavy atom. The van der Waals surface area contributed by atoms with Crippen LogP contribution in [-0.4, -0.2) is 16.1 Å². The average molecular weight is 382 g/mol. The lowest BCUT2D eigenvalue weighted by Gasteiger charge is -1.97. The standard InChI is InChI=1S/C9H6Br2N2O3S/c1-4-12-7(16-13-4)3-15-9(14)6-2-5(10)8(11)17-6/h2H,3H2,1H3. The van der Waals surface area contributed by atoms with Crippen molar-refractivity contribution in [3.8, 4) is 0 Å². The van der Waals surface area contributed by atoms with Crippen molar-refractivity contribution in [1.29, 1.82) is 0 Å². The fourth-order valence-corrected chi connectivity index (χ4v) is 2.97. The zero-order chi connectivity index (χ0) is 12.4. The van der Waals surface area contributed by atoms with Gasteiger partial charge < -0.3 is 9.26 Å². The molecule has 2 aromatic rings. The third-order valence-electron chi connectivity index (χ3n) is 1.74. The highest BCUT2D eigenvalue weighted by Crippen LogP contribution is 2.32. The maximum absolute atomic E-state index is 11.6. The summed E-state index contributed by atoms with van der Waals surface area (Å²) in [5, 5.41) is 3.60. The van der Waals surface area contributed by atoms with E-state index < -0.39 is 5.97 Å². The summed E-state index contributed by atoms with van der Waals surface area (Å²) in [7, 11) is 0. The molecule has 0 saturated heterocycles. The van der Waals surface area contributed by atoms with E-state index in [-0.39, 0.29) is 12.5 Å². The molecule has 8 heteroatoms. The fraction of sp³-hybridized carbons (Fsp3) is 0.222. The Morgan fingerprint density at radius 3 is 2.88 bits per heavy atom. The van der Waals surface area contributed by atoms with E-state index in [2.05, 4.69) is 42.0 Å². The molecule has 0 spiro atoms. The highest BCUT2D eigenvalue weighted by molar-refractivity contribution is 9.13. The SMILES string of the molecule is Cc1noc(COC(=O)c2cc(Br)c(Br)s2)n1. The van der Waals surface area contributed by atoms with E-state index in [1.54, 1.807) is 13.0 Å². The number of hydrogen-bond donors (Lipinski definition) is 0. The Bertz CT molecular complexity index is 533. The Hall–Kier alpha value is -0.730. The zero-order valence-corrected chi connectivity index (χ0v) is 12.6.